The van der Waals surface area contributed by atoms with Crippen molar-refractivity contribution in [2.75, 3.05) is 20.1 Å². The summed E-state index contributed by atoms with van der Waals surface area (Å²) in [5.41, 5.74) is 0.806. The number of likely N-dealkylation sites (N-methyl/N-ethyl adjacent to an activating group) is 2. The molecule has 0 unspecified atom stereocenters. The van der Waals surface area contributed by atoms with Gasteiger partial charge in [0, 0.05) is 32.5 Å². The van der Waals surface area contributed by atoms with Crippen molar-refractivity contribution in [2.45, 2.75) is 13.8 Å². The molecule has 6 heteroatoms. The van der Waals surface area contributed by atoms with E-state index < -0.39 is 0 Å². The standard InChI is InChI=1S/C14H17N3O2S/c1-4-16-12(18)11(10-6-8-15(3)9-7-10)13(19)17(5-2)14(16)20/h6-9H,4-5H2,1-3H3. The summed E-state index contributed by atoms with van der Waals surface area (Å²) in [6, 6.07) is 0. The van der Waals surface area contributed by atoms with Crippen LogP contribution in [0.1, 0.15) is 13.8 Å². The molecule has 0 aliphatic carbocycles. The molecule has 0 atom stereocenters. The normalized spacial score (nSPS) is 19.6. The third-order valence-corrected chi connectivity index (χ3v) is 3.72. The molecule has 0 radical (unpaired) electrons. The van der Waals surface area contributed by atoms with Gasteiger partial charge in [0.2, 0.25) is 0 Å². The summed E-state index contributed by atoms with van der Waals surface area (Å²) in [4.78, 5) is 29.7. The van der Waals surface area contributed by atoms with Crippen LogP contribution in [0.3, 0.4) is 0 Å². The summed E-state index contributed by atoms with van der Waals surface area (Å²) >= 11 is 5.22. The fraction of sp³-hybridized carbons (Fsp3) is 0.357. The van der Waals surface area contributed by atoms with Gasteiger partial charge < -0.3 is 4.90 Å². The second-order valence-corrected chi connectivity index (χ2v) is 4.87. The average Bonchev–Trinajstić information content (AvgIpc) is 2.42. The molecule has 0 aromatic heterocycles. The van der Waals surface area contributed by atoms with Gasteiger partial charge in [0.1, 0.15) is 5.57 Å². The van der Waals surface area contributed by atoms with E-state index in [-0.39, 0.29) is 22.5 Å². The molecular formula is C14H17N3O2S. The quantitative estimate of drug-likeness (QED) is 0.436. The van der Waals surface area contributed by atoms with Gasteiger partial charge in [0.25, 0.3) is 11.8 Å². The second-order valence-electron chi connectivity index (χ2n) is 4.51. The molecule has 20 heavy (non-hydrogen) atoms. The molecule has 0 aromatic carbocycles. The molecule has 0 bridgehead atoms. The number of amides is 2. The Balaban J connectivity index is 2.51. The Morgan fingerprint density at radius 1 is 1.00 bits per heavy atom. The van der Waals surface area contributed by atoms with Crippen LogP contribution >= 0.6 is 12.2 Å². The van der Waals surface area contributed by atoms with E-state index in [1.165, 1.54) is 9.80 Å². The number of hydrogen-bond acceptors (Lipinski definition) is 4. The molecule has 2 amide bonds. The van der Waals surface area contributed by atoms with E-state index in [1.807, 2.05) is 38.2 Å². The number of hydrogen-bond donors (Lipinski definition) is 0. The van der Waals surface area contributed by atoms with Crippen LogP contribution in [0.4, 0.5) is 0 Å². The number of thiocarbonyl (C=S) groups is 1. The van der Waals surface area contributed by atoms with Crippen LogP contribution in [0, 0.1) is 0 Å². The molecule has 0 aromatic rings. The van der Waals surface area contributed by atoms with Crippen molar-refractivity contribution in [1.29, 1.82) is 0 Å². The van der Waals surface area contributed by atoms with Gasteiger partial charge in [-0.25, -0.2) is 0 Å². The summed E-state index contributed by atoms with van der Waals surface area (Å²) in [6.45, 7) is 4.59. The minimum Gasteiger partial charge on any atom is -0.357 e. The summed E-state index contributed by atoms with van der Waals surface area (Å²) in [5.74, 6) is -0.637. The lowest BCUT2D eigenvalue weighted by Gasteiger charge is -2.36. The van der Waals surface area contributed by atoms with E-state index in [1.54, 1.807) is 12.2 Å². The molecule has 2 aliphatic heterocycles. The number of carbonyl (C=O) groups is 2. The second kappa shape index (κ2) is 5.58. The van der Waals surface area contributed by atoms with Crippen molar-refractivity contribution < 1.29 is 9.59 Å². The molecular weight excluding hydrogens is 274 g/mol. The lowest BCUT2D eigenvalue weighted by molar-refractivity contribution is -0.133. The SMILES string of the molecule is CCN1C(=O)C(=C2C=CN(C)C=C2)C(=O)N(CC)C1=S. The third kappa shape index (κ3) is 2.27. The Morgan fingerprint density at radius 2 is 1.45 bits per heavy atom. The highest BCUT2D eigenvalue weighted by atomic mass is 32.1. The molecule has 2 aliphatic rings. The summed E-state index contributed by atoms with van der Waals surface area (Å²) in [5, 5.41) is 0.287. The number of allylic oxidation sites excluding steroid dienone is 3. The first-order valence-electron chi connectivity index (χ1n) is 6.51. The van der Waals surface area contributed by atoms with Crippen LogP contribution in [-0.4, -0.2) is 51.8 Å². The molecule has 106 valence electrons. The maximum absolute atomic E-state index is 12.5. The van der Waals surface area contributed by atoms with Crippen molar-refractivity contribution in [3.63, 3.8) is 0 Å². The Bertz CT molecular complexity index is 519. The van der Waals surface area contributed by atoms with Gasteiger partial charge in [-0.3, -0.25) is 19.4 Å². The van der Waals surface area contributed by atoms with Crippen LogP contribution < -0.4 is 0 Å². The van der Waals surface area contributed by atoms with Gasteiger partial charge >= 0.3 is 0 Å². The third-order valence-electron chi connectivity index (χ3n) is 3.28. The highest BCUT2D eigenvalue weighted by Crippen LogP contribution is 2.23. The van der Waals surface area contributed by atoms with E-state index in [9.17, 15) is 9.59 Å². The maximum atomic E-state index is 12.5. The van der Waals surface area contributed by atoms with Crippen molar-refractivity contribution >= 4 is 29.1 Å². The lowest BCUT2D eigenvalue weighted by Crippen LogP contribution is -2.56. The summed E-state index contributed by atoms with van der Waals surface area (Å²) in [7, 11) is 1.88. The van der Waals surface area contributed by atoms with Crippen molar-refractivity contribution in [1.82, 2.24) is 14.7 Å². The predicted molar refractivity (Wildman–Crippen MR) is 80.4 cm³/mol. The zero-order valence-corrected chi connectivity index (χ0v) is 12.6. The van der Waals surface area contributed by atoms with Crippen LogP contribution in [0.25, 0.3) is 0 Å². The first-order chi connectivity index (χ1) is 9.51. The average molecular weight is 291 g/mol. The number of carbonyl (C=O) groups excluding carboxylic acids is 2. The van der Waals surface area contributed by atoms with Crippen LogP contribution in [0.15, 0.2) is 35.7 Å². The Morgan fingerprint density at radius 3 is 1.85 bits per heavy atom. The topological polar surface area (TPSA) is 43.9 Å². The largest absolute Gasteiger partial charge is 0.357 e. The molecule has 1 saturated heterocycles. The zero-order valence-electron chi connectivity index (χ0n) is 11.8. The Kier molecular flexibility index (Phi) is 4.04. The summed E-state index contributed by atoms with van der Waals surface area (Å²) < 4.78 is 0. The van der Waals surface area contributed by atoms with Crippen molar-refractivity contribution in [3.05, 3.63) is 35.7 Å². The predicted octanol–water partition coefficient (Wildman–Crippen LogP) is 1.25. The molecule has 5 nitrogen and oxygen atoms in total. The van der Waals surface area contributed by atoms with Crippen molar-refractivity contribution in [2.24, 2.45) is 0 Å². The highest BCUT2D eigenvalue weighted by Gasteiger charge is 2.39. The molecule has 1 fully saturated rings. The van der Waals surface area contributed by atoms with Crippen LogP contribution in [0.5, 0.6) is 0 Å². The van der Waals surface area contributed by atoms with E-state index in [0.29, 0.717) is 18.7 Å². The Labute approximate surface area is 123 Å². The first kappa shape index (κ1) is 14.5. The molecule has 0 N–H and O–H groups in total. The van der Waals surface area contributed by atoms with Gasteiger partial charge in [-0.05, 0) is 43.8 Å². The minimum absolute atomic E-state index is 0.183. The van der Waals surface area contributed by atoms with Gasteiger partial charge in [-0.15, -0.1) is 0 Å². The van der Waals surface area contributed by atoms with Gasteiger partial charge in [-0.1, -0.05) is 0 Å². The van der Waals surface area contributed by atoms with Gasteiger partial charge in [0.15, 0.2) is 5.11 Å². The van der Waals surface area contributed by atoms with Gasteiger partial charge in [0.05, 0.1) is 0 Å². The number of rotatable bonds is 2. The van der Waals surface area contributed by atoms with E-state index in [2.05, 4.69) is 0 Å². The fourth-order valence-electron chi connectivity index (χ4n) is 2.15. The molecule has 0 saturated carbocycles. The van der Waals surface area contributed by atoms with E-state index >= 15 is 0 Å². The van der Waals surface area contributed by atoms with Crippen molar-refractivity contribution in [3.8, 4) is 0 Å². The van der Waals surface area contributed by atoms with E-state index in [0.717, 1.165) is 0 Å². The minimum atomic E-state index is -0.318. The fourth-order valence-corrected chi connectivity index (χ4v) is 2.58. The molecule has 0 spiro atoms. The van der Waals surface area contributed by atoms with Crippen LogP contribution in [0.2, 0.25) is 0 Å². The van der Waals surface area contributed by atoms with Gasteiger partial charge in [-0.2, -0.15) is 0 Å². The summed E-state index contributed by atoms with van der Waals surface area (Å²) in [6.07, 6.45) is 7.15. The maximum Gasteiger partial charge on any atom is 0.266 e. The Hall–Kier alpha value is -1.95. The highest BCUT2D eigenvalue weighted by molar-refractivity contribution is 7.80. The zero-order chi connectivity index (χ0) is 14.9. The molecule has 2 rings (SSSR count). The first-order valence-corrected chi connectivity index (χ1v) is 6.92. The number of nitrogens with zero attached hydrogens (tertiary/aromatic N) is 3. The van der Waals surface area contributed by atoms with Crippen LogP contribution in [-0.2, 0) is 9.59 Å². The lowest BCUT2D eigenvalue weighted by atomic mass is 10.0. The monoisotopic (exact) mass is 291 g/mol. The molecule has 2 heterocycles. The van der Waals surface area contributed by atoms with E-state index in [4.69, 9.17) is 12.2 Å². The smallest absolute Gasteiger partial charge is 0.266 e.